The smallest absolute Gasteiger partial charge is 0.325 e. The lowest BCUT2D eigenvalue weighted by atomic mass is 9.98. The van der Waals surface area contributed by atoms with Gasteiger partial charge in [0.25, 0.3) is 5.91 Å². The molecule has 0 atom stereocenters. The fourth-order valence-corrected chi connectivity index (χ4v) is 3.55. The summed E-state index contributed by atoms with van der Waals surface area (Å²) in [5.41, 5.74) is -0.124. The van der Waals surface area contributed by atoms with Crippen LogP contribution in [0.25, 0.3) is 0 Å². The second-order valence-electron chi connectivity index (χ2n) is 6.31. The Balaban J connectivity index is 1.49. The minimum Gasteiger partial charge on any atom is -0.325 e. The van der Waals surface area contributed by atoms with E-state index in [-0.39, 0.29) is 30.8 Å². The average molecular weight is 350 g/mol. The number of anilines is 1. The molecule has 0 radical (unpaired) electrons. The standard InChI is InChI=1S/C17H20ClN3O3/c18-12-6-1-2-7-13(12)19-14(22)8-5-11-21-15(23)17(20-16(21)24)9-3-4-10-17/h1-2,6-7H,3-5,8-11H2,(H,19,22)(H,20,24). The number of carbonyl (C=O) groups excluding carboxylic acids is 3. The van der Waals surface area contributed by atoms with Crippen LogP contribution in [0.2, 0.25) is 5.02 Å². The van der Waals surface area contributed by atoms with Crippen LogP contribution in [0.4, 0.5) is 10.5 Å². The van der Waals surface area contributed by atoms with Gasteiger partial charge in [-0.2, -0.15) is 0 Å². The normalized spacial score (nSPS) is 19.0. The van der Waals surface area contributed by atoms with E-state index in [1.807, 2.05) is 0 Å². The molecule has 1 aromatic rings. The van der Waals surface area contributed by atoms with E-state index in [0.29, 0.717) is 30.0 Å². The summed E-state index contributed by atoms with van der Waals surface area (Å²) >= 11 is 5.99. The van der Waals surface area contributed by atoms with Crippen LogP contribution >= 0.6 is 11.6 Å². The van der Waals surface area contributed by atoms with Crippen molar-refractivity contribution in [1.82, 2.24) is 10.2 Å². The van der Waals surface area contributed by atoms with Gasteiger partial charge in [-0.1, -0.05) is 36.6 Å². The first-order valence-corrected chi connectivity index (χ1v) is 8.58. The highest BCUT2D eigenvalue weighted by molar-refractivity contribution is 6.33. The largest absolute Gasteiger partial charge is 0.325 e. The van der Waals surface area contributed by atoms with Crippen molar-refractivity contribution in [2.45, 2.75) is 44.1 Å². The summed E-state index contributed by atoms with van der Waals surface area (Å²) in [6.07, 6.45) is 3.98. The molecule has 2 N–H and O–H groups in total. The molecule has 1 saturated heterocycles. The molecule has 6 nitrogen and oxygen atoms in total. The Morgan fingerprint density at radius 1 is 1.25 bits per heavy atom. The summed E-state index contributed by atoms with van der Waals surface area (Å²) in [5.74, 6) is -0.331. The van der Waals surface area contributed by atoms with E-state index in [9.17, 15) is 14.4 Å². The summed E-state index contributed by atoms with van der Waals surface area (Å²) in [6, 6.07) is 6.66. The van der Waals surface area contributed by atoms with Crippen molar-refractivity contribution in [2.24, 2.45) is 0 Å². The first kappa shape index (κ1) is 16.8. The van der Waals surface area contributed by atoms with Gasteiger partial charge in [0.2, 0.25) is 5.91 Å². The van der Waals surface area contributed by atoms with E-state index in [1.165, 1.54) is 4.90 Å². The van der Waals surface area contributed by atoms with Gasteiger partial charge in [0.15, 0.2) is 0 Å². The van der Waals surface area contributed by atoms with Crippen LogP contribution < -0.4 is 10.6 Å². The van der Waals surface area contributed by atoms with Gasteiger partial charge in [0.05, 0.1) is 10.7 Å². The number of rotatable bonds is 5. The quantitative estimate of drug-likeness (QED) is 0.802. The molecular weight excluding hydrogens is 330 g/mol. The van der Waals surface area contributed by atoms with E-state index < -0.39 is 5.54 Å². The number of nitrogens with one attached hydrogen (secondary N) is 2. The van der Waals surface area contributed by atoms with Gasteiger partial charge in [-0.15, -0.1) is 0 Å². The second kappa shape index (κ2) is 6.81. The number of carbonyl (C=O) groups is 3. The maximum absolute atomic E-state index is 12.5. The number of benzene rings is 1. The van der Waals surface area contributed by atoms with Crippen molar-refractivity contribution in [3.63, 3.8) is 0 Å². The molecule has 1 heterocycles. The molecule has 128 valence electrons. The van der Waals surface area contributed by atoms with E-state index in [1.54, 1.807) is 24.3 Å². The number of hydrogen-bond donors (Lipinski definition) is 2. The zero-order valence-electron chi connectivity index (χ0n) is 13.3. The number of imide groups is 1. The van der Waals surface area contributed by atoms with Crippen molar-refractivity contribution in [2.75, 3.05) is 11.9 Å². The molecule has 0 bridgehead atoms. The topological polar surface area (TPSA) is 78.5 Å². The summed E-state index contributed by atoms with van der Waals surface area (Å²) in [4.78, 5) is 37.7. The predicted octanol–water partition coefficient (Wildman–Crippen LogP) is 2.92. The Hall–Kier alpha value is -2.08. The van der Waals surface area contributed by atoms with Crippen molar-refractivity contribution in [1.29, 1.82) is 0 Å². The molecule has 2 fully saturated rings. The van der Waals surface area contributed by atoms with Crippen LogP contribution in [0, 0.1) is 0 Å². The van der Waals surface area contributed by atoms with Crippen LogP contribution in [0.1, 0.15) is 38.5 Å². The number of amides is 4. The Morgan fingerprint density at radius 3 is 2.67 bits per heavy atom. The van der Waals surface area contributed by atoms with Crippen molar-refractivity contribution in [3.8, 4) is 0 Å². The lowest BCUT2D eigenvalue weighted by molar-refractivity contribution is -0.131. The Bertz CT molecular complexity index is 671. The maximum Gasteiger partial charge on any atom is 0.325 e. The first-order valence-electron chi connectivity index (χ1n) is 8.20. The molecule has 1 aliphatic heterocycles. The highest BCUT2D eigenvalue weighted by Crippen LogP contribution is 2.35. The van der Waals surface area contributed by atoms with Crippen LogP contribution in [0.5, 0.6) is 0 Å². The van der Waals surface area contributed by atoms with E-state index >= 15 is 0 Å². The van der Waals surface area contributed by atoms with E-state index in [4.69, 9.17) is 11.6 Å². The Morgan fingerprint density at radius 2 is 1.96 bits per heavy atom. The lowest BCUT2D eigenvalue weighted by Gasteiger charge is -2.19. The molecule has 0 aromatic heterocycles. The Kier molecular flexibility index (Phi) is 4.76. The summed E-state index contributed by atoms with van der Waals surface area (Å²) in [5, 5.41) is 6.04. The number of halogens is 1. The van der Waals surface area contributed by atoms with Gasteiger partial charge in [-0.3, -0.25) is 14.5 Å². The summed E-state index contributed by atoms with van der Waals surface area (Å²) < 4.78 is 0. The molecule has 1 aromatic carbocycles. The van der Waals surface area contributed by atoms with Crippen LogP contribution in [0.3, 0.4) is 0 Å². The first-order chi connectivity index (χ1) is 11.5. The fraction of sp³-hybridized carbons (Fsp3) is 0.471. The number of hydrogen-bond acceptors (Lipinski definition) is 3. The minimum absolute atomic E-state index is 0.142. The molecule has 1 aliphatic carbocycles. The second-order valence-corrected chi connectivity index (χ2v) is 6.71. The fourth-order valence-electron chi connectivity index (χ4n) is 3.37. The molecule has 7 heteroatoms. The van der Waals surface area contributed by atoms with Gasteiger partial charge in [-0.05, 0) is 31.4 Å². The third kappa shape index (κ3) is 3.24. The third-order valence-corrected chi connectivity index (χ3v) is 4.97. The molecule has 1 spiro atoms. The number of para-hydroxylation sites is 1. The monoisotopic (exact) mass is 349 g/mol. The molecule has 1 saturated carbocycles. The zero-order chi connectivity index (χ0) is 17.2. The van der Waals surface area contributed by atoms with Crippen LogP contribution in [-0.2, 0) is 9.59 Å². The van der Waals surface area contributed by atoms with E-state index in [2.05, 4.69) is 10.6 Å². The van der Waals surface area contributed by atoms with Gasteiger partial charge in [0.1, 0.15) is 5.54 Å². The highest BCUT2D eigenvalue weighted by Gasteiger charge is 2.51. The molecule has 2 aliphatic rings. The SMILES string of the molecule is O=C(CCCN1C(=O)NC2(CCCC2)C1=O)Nc1ccccc1Cl. The lowest BCUT2D eigenvalue weighted by Crippen LogP contribution is -2.44. The van der Waals surface area contributed by atoms with Gasteiger partial charge >= 0.3 is 6.03 Å². The highest BCUT2D eigenvalue weighted by atomic mass is 35.5. The molecule has 24 heavy (non-hydrogen) atoms. The summed E-state index contributed by atoms with van der Waals surface area (Å²) in [6.45, 7) is 0.252. The third-order valence-electron chi connectivity index (χ3n) is 4.64. The summed E-state index contributed by atoms with van der Waals surface area (Å²) in [7, 11) is 0. The molecular formula is C17H20ClN3O3. The number of urea groups is 1. The Labute approximate surface area is 145 Å². The van der Waals surface area contributed by atoms with Gasteiger partial charge < -0.3 is 10.6 Å². The number of nitrogens with zero attached hydrogens (tertiary/aromatic N) is 1. The molecule has 4 amide bonds. The molecule has 3 rings (SSSR count). The van der Waals surface area contributed by atoms with E-state index in [0.717, 1.165) is 12.8 Å². The predicted molar refractivity (Wildman–Crippen MR) is 90.8 cm³/mol. The zero-order valence-corrected chi connectivity index (χ0v) is 14.1. The van der Waals surface area contributed by atoms with Crippen LogP contribution in [-0.4, -0.2) is 34.8 Å². The van der Waals surface area contributed by atoms with Crippen molar-refractivity contribution < 1.29 is 14.4 Å². The van der Waals surface area contributed by atoms with Crippen LogP contribution in [0.15, 0.2) is 24.3 Å². The van der Waals surface area contributed by atoms with Gasteiger partial charge in [0, 0.05) is 13.0 Å². The minimum atomic E-state index is -0.684. The maximum atomic E-state index is 12.5. The van der Waals surface area contributed by atoms with Gasteiger partial charge in [-0.25, -0.2) is 4.79 Å². The van der Waals surface area contributed by atoms with Crippen molar-refractivity contribution in [3.05, 3.63) is 29.3 Å². The molecule has 0 unspecified atom stereocenters. The van der Waals surface area contributed by atoms with Crippen molar-refractivity contribution >= 4 is 35.1 Å². The average Bonchev–Trinajstić information content (AvgIpc) is 3.10.